The predicted octanol–water partition coefficient (Wildman–Crippen LogP) is 1.83. The van der Waals surface area contributed by atoms with Crippen molar-refractivity contribution >= 4 is 11.8 Å². The Kier molecular flexibility index (Phi) is 3.75. The van der Waals surface area contributed by atoms with Gasteiger partial charge in [-0.05, 0) is 12.1 Å². The molecule has 5 heteroatoms. The number of nitrogens with zero attached hydrogens (tertiary/aromatic N) is 1. The van der Waals surface area contributed by atoms with E-state index in [9.17, 15) is 4.79 Å². The molecule has 1 unspecified atom stereocenters. The molecule has 1 aliphatic rings. The highest BCUT2D eigenvalue weighted by atomic mass is 16.6. The molecule has 1 atom stereocenters. The van der Waals surface area contributed by atoms with Crippen molar-refractivity contribution in [1.29, 1.82) is 0 Å². The topological polar surface area (TPSA) is 57.1 Å². The van der Waals surface area contributed by atoms with E-state index in [2.05, 4.69) is 4.99 Å². The molecule has 0 amide bonds. The number of aliphatic imine (C=N–C) groups is 1. The van der Waals surface area contributed by atoms with Crippen LogP contribution in [-0.2, 0) is 9.53 Å². The van der Waals surface area contributed by atoms with Crippen LogP contribution < -0.4 is 9.47 Å². The van der Waals surface area contributed by atoms with Crippen molar-refractivity contribution in [3.63, 3.8) is 0 Å². The fourth-order valence-corrected chi connectivity index (χ4v) is 1.66. The van der Waals surface area contributed by atoms with Crippen LogP contribution in [-0.4, -0.2) is 32.5 Å². The van der Waals surface area contributed by atoms with E-state index in [1.807, 2.05) is 0 Å². The minimum absolute atomic E-state index is 0.0596. The summed E-state index contributed by atoms with van der Waals surface area (Å²) >= 11 is 0. The average Bonchev–Trinajstić information content (AvgIpc) is 2.84. The predicted molar refractivity (Wildman–Crippen MR) is 60.6 cm³/mol. The molecule has 5 nitrogen and oxygen atoms in total. The minimum atomic E-state index is 0.0596. The highest BCUT2D eigenvalue weighted by Gasteiger charge is 2.19. The maximum absolute atomic E-state index is 10.2. The summed E-state index contributed by atoms with van der Waals surface area (Å²) in [5.74, 6) is 1.18. The number of benzene rings is 1. The summed E-state index contributed by atoms with van der Waals surface area (Å²) < 4.78 is 16.2. The Hall–Kier alpha value is -1.84. The van der Waals surface area contributed by atoms with Crippen LogP contribution in [0.3, 0.4) is 0 Å². The first-order chi connectivity index (χ1) is 8.33. The molecule has 1 aliphatic heterocycles. The Morgan fingerprint density at radius 3 is 3.00 bits per heavy atom. The van der Waals surface area contributed by atoms with Gasteiger partial charge in [0.2, 0.25) is 6.08 Å². The number of methoxy groups -OCH3 is 1. The lowest BCUT2D eigenvalue weighted by molar-refractivity contribution is 0.138. The first-order valence-electron chi connectivity index (χ1n) is 5.34. The van der Waals surface area contributed by atoms with Gasteiger partial charge in [-0.15, -0.1) is 0 Å². The molecule has 0 N–H and O–H groups in total. The fraction of sp³-hybridized carbons (Fsp3) is 0.417. The molecule has 1 aromatic carbocycles. The highest BCUT2D eigenvalue weighted by Crippen LogP contribution is 2.32. The average molecular weight is 235 g/mol. The van der Waals surface area contributed by atoms with Crippen LogP contribution in [0.4, 0.5) is 5.69 Å². The number of hydrogen-bond acceptors (Lipinski definition) is 5. The van der Waals surface area contributed by atoms with E-state index in [0.717, 1.165) is 13.0 Å². The Morgan fingerprint density at radius 1 is 1.47 bits per heavy atom. The first kappa shape index (κ1) is 11.6. The van der Waals surface area contributed by atoms with E-state index in [0.29, 0.717) is 23.8 Å². The van der Waals surface area contributed by atoms with Crippen LogP contribution in [0.25, 0.3) is 0 Å². The number of rotatable bonds is 4. The van der Waals surface area contributed by atoms with E-state index in [1.165, 1.54) is 6.08 Å². The molecule has 2 rings (SSSR count). The maximum Gasteiger partial charge on any atom is 0.240 e. The standard InChI is InChI=1S/C12H13NO4/c1-15-12-6-9(13-8-14)2-3-11(12)17-10-4-5-16-7-10/h2-3,6,10H,4-5,7H2,1H3. The van der Waals surface area contributed by atoms with Crippen molar-refractivity contribution in [3.8, 4) is 11.5 Å². The monoisotopic (exact) mass is 235 g/mol. The molecule has 0 spiro atoms. The van der Waals surface area contributed by atoms with Gasteiger partial charge in [0.25, 0.3) is 0 Å². The second-order valence-corrected chi connectivity index (χ2v) is 3.64. The van der Waals surface area contributed by atoms with Crippen molar-refractivity contribution in [2.45, 2.75) is 12.5 Å². The summed E-state index contributed by atoms with van der Waals surface area (Å²) in [4.78, 5) is 13.7. The van der Waals surface area contributed by atoms with Gasteiger partial charge in [-0.1, -0.05) is 0 Å². The lowest BCUT2D eigenvalue weighted by Gasteiger charge is -2.14. The smallest absolute Gasteiger partial charge is 0.240 e. The van der Waals surface area contributed by atoms with Crippen molar-refractivity contribution in [3.05, 3.63) is 18.2 Å². The molecule has 1 aromatic rings. The zero-order valence-electron chi connectivity index (χ0n) is 9.51. The highest BCUT2D eigenvalue weighted by molar-refractivity contribution is 5.55. The minimum Gasteiger partial charge on any atom is -0.493 e. The zero-order valence-corrected chi connectivity index (χ0v) is 9.51. The fourth-order valence-electron chi connectivity index (χ4n) is 1.66. The van der Waals surface area contributed by atoms with Gasteiger partial charge in [0.05, 0.1) is 26.0 Å². The van der Waals surface area contributed by atoms with Crippen LogP contribution in [0.5, 0.6) is 11.5 Å². The molecule has 90 valence electrons. The van der Waals surface area contributed by atoms with Crippen molar-refractivity contribution in [2.75, 3.05) is 20.3 Å². The van der Waals surface area contributed by atoms with Gasteiger partial charge in [0.1, 0.15) is 6.10 Å². The summed E-state index contributed by atoms with van der Waals surface area (Å²) in [6.07, 6.45) is 2.42. The van der Waals surface area contributed by atoms with Gasteiger partial charge >= 0.3 is 0 Å². The molecule has 0 saturated carbocycles. The third-order valence-electron chi connectivity index (χ3n) is 2.50. The number of hydrogen-bond donors (Lipinski definition) is 0. The summed E-state index contributed by atoms with van der Waals surface area (Å²) in [5.41, 5.74) is 0.492. The van der Waals surface area contributed by atoms with Crippen molar-refractivity contribution < 1.29 is 19.0 Å². The molecular weight excluding hydrogens is 222 g/mol. The largest absolute Gasteiger partial charge is 0.493 e. The molecular formula is C12H13NO4. The van der Waals surface area contributed by atoms with Gasteiger partial charge < -0.3 is 14.2 Å². The maximum atomic E-state index is 10.2. The second-order valence-electron chi connectivity index (χ2n) is 3.64. The lowest BCUT2D eigenvalue weighted by atomic mass is 10.2. The second kappa shape index (κ2) is 5.48. The van der Waals surface area contributed by atoms with Crippen molar-refractivity contribution in [1.82, 2.24) is 0 Å². The third kappa shape index (κ3) is 2.84. The first-order valence-corrected chi connectivity index (χ1v) is 5.34. The van der Waals surface area contributed by atoms with Crippen LogP contribution in [0.1, 0.15) is 6.42 Å². The molecule has 17 heavy (non-hydrogen) atoms. The molecule has 1 heterocycles. The summed E-state index contributed by atoms with van der Waals surface area (Å²) in [6.45, 7) is 1.32. The Labute approximate surface area is 99.0 Å². The Morgan fingerprint density at radius 2 is 2.35 bits per heavy atom. The van der Waals surface area contributed by atoms with E-state index >= 15 is 0 Å². The number of ether oxygens (including phenoxy) is 3. The molecule has 1 saturated heterocycles. The molecule has 0 radical (unpaired) electrons. The summed E-state index contributed by atoms with van der Waals surface area (Å²) in [7, 11) is 1.54. The third-order valence-corrected chi connectivity index (χ3v) is 2.50. The van der Waals surface area contributed by atoms with Crippen LogP contribution >= 0.6 is 0 Å². The van der Waals surface area contributed by atoms with E-state index in [4.69, 9.17) is 14.2 Å². The van der Waals surface area contributed by atoms with E-state index in [-0.39, 0.29) is 6.10 Å². The quantitative estimate of drug-likeness (QED) is 0.590. The number of carbonyl (C=O) groups excluding carboxylic acids is 1. The Bertz CT molecular complexity index is 434. The lowest BCUT2D eigenvalue weighted by Crippen LogP contribution is -2.16. The normalized spacial score (nSPS) is 18.5. The van der Waals surface area contributed by atoms with Gasteiger partial charge in [0, 0.05) is 12.5 Å². The van der Waals surface area contributed by atoms with E-state index in [1.54, 1.807) is 25.3 Å². The van der Waals surface area contributed by atoms with Gasteiger partial charge in [-0.2, -0.15) is 4.99 Å². The van der Waals surface area contributed by atoms with Crippen molar-refractivity contribution in [2.24, 2.45) is 4.99 Å². The number of isocyanates is 1. The van der Waals surface area contributed by atoms with Gasteiger partial charge in [-0.3, -0.25) is 0 Å². The van der Waals surface area contributed by atoms with Gasteiger partial charge in [0.15, 0.2) is 11.5 Å². The molecule has 0 aliphatic carbocycles. The van der Waals surface area contributed by atoms with Crippen LogP contribution in [0.15, 0.2) is 23.2 Å². The summed E-state index contributed by atoms with van der Waals surface area (Å²) in [5, 5.41) is 0. The van der Waals surface area contributed by atoms with Gasteiger partial charge in [-0.25, -0.2) is 4.79 Å². The SMILES string of the molecule is COc1cc(N=C=O)ccc1OC1CCOC1. The summed E-state index contributed by atoms with van der Waals surface area (Å²) in [6, 6.07) is 5.04. The molecule has 0 bridgehead atoms. The Balaban J connectivity index is 2.17. The zero-order chi connectivity index (χ0) is 12.1. The van der Waals surface area contributed by atoms with E-state index < -0.39 is 0 Å². The van der Waals surface area contributed by atoms with Crippen LogP contribution in [0.2, 0.25) is 0 Å². The molecule has 1 fully saturated rings. The van der Waals surface area contributed by atoms with Crippen LogP contribution in [0, 0.1) is 0 Å². The molecule has 0 aromatic heterocycles.